The minimum absolute atomic E-state index is 0.765. The molecule has 0 spiro atoms. The Bertz CT molecular complexity index is 361. The van der Waals surface area contributed by atoms with Gasteiger partial charge in [0.15, 0.2) is 0 Å². The van der Waals surface area contributed by atoms with Crippen molar-refractivity contribution >= 4 is 0 Å². The Labute approximate surface area is 90.1 Å². The standard InChI is InChI=1S/C11H16N4/c1-2-3-7-12-9-11-14-13-10-6-4-5-8-15(10)11/h1,12H,3-9H2. The summed E-state index contributed by atoms with van der Waals surface area (Å²) in [5.41, 5.74) is 0. The van der Waals surface area contributed by atoms with Crippen LogP contribution in [-0.4, -0.2) is 21.3 Å². The Morgan fingerprint density at radius 2 is 2.33 bits per heavy atom. The van der Waals surface area contributed by atoms with Gasteiger partial charge in [-0.2, -0.15) is 0 Å². The van der Waals surface area contributed by atoms with E-state index in [2.05, 4.69) is 26.0 Å². The predicted octanol–water partition coefficient (Wildman–Crippen LogP) is 0.727. The first-order valence-electron chi connectivity index (χ1n) is 5.47. The number of terminal acetylenes is 1. The number of nitrogens with zero attached hydrogens (tertiary/aromatic N) is 3. The highest BCUT2D eigenvalue weighted by Crippen LogP contribution is 2.13. The van der Waals surface area contributed by atoms with Gasteiger partial charge in [-0.25, -0.2) is 0 Å². The molecule has 80 valence electrons. The van der Waals surface area contributed by atoms with Crippen molar-refractivity contribution in [2.75, 3.05) is 6.54 Å². The molecule has 1 N–H and O–H groups in total. The van der Waals surface area contributed by atoms with E-state index in [0.717, 1.165) is 44.1 Å². The highest BCUT2D eigenvalue weighted by molar-refractivity contribution is 4.98. The minimum Gasteiger partial charge on any atom is -0.314 e. The molecule has 0 aromatic carbocycles. The van der Waals surface area contributed by atoms with Crippen molar-refractivity contribution in [3.63, 3.8) is 0 Å². The Morgan fingerprint density at radius 3 is 3.20 bits per heavy atom. The van der Waals surface area contributed by atoms with Gasteiger partial charge in [0.2, 0.25) is 0 Å². The molecule has 0 atom stereocenters. The van der Waals surface area contributed by atoms with Crippen LogP contribution in [0.5, 0.6) is 0 Å². The second-order valence-corrected chi connectivity index (χ2v) is 3.77. The lowest BCUT2D eigenvalue weighted by Crippen LogP contribution is -2.20. The molecule has 0 saturated heterocycles. The maximum Gasteiger partial charge on any atom is 0.147 e. The Hall–Kier alpha value is -1.34. The van der Waals surface area contributed by atoms with Gasteiger partial charge in [-0.3, -0.25) is 0 Å². The van der Waals surface area contributed by atoms with E-state index in [9.17, 15) is 0 Å². The van der Waals surface area contributed by atoms with Gasteiger partial charge in [0.05, 0.1) is 6.54 Å². The third-order valence-corrected chi connectivity index (χ3v) is 2.67. The molecule has 1 aromatic rings. The van der Waals surface area contributed by atoms with Gasteiger partial charge in [0, 0.05) is 25.9 Å². The van der Waals surface area contributed by atoms with E-state index >= 15 is 0 Å². The largest absolute Gasteiger partial charge is 0.314 e. The molecule has 0 radical (unpaired) electrons. The molecule has 0 unspecified atom stereocenters. The van der Waals surface area contributed by atoms with Gasteiger partial charge in [-0.15, -0.1) is 22.5 Å². The fourth-order valence-electron chi connectivity index (χ4n) is 1.86. The van der Waals surface area contributed by atoms with Crippen LogP contribution in [0.4, 0.5) is 0 Å². The second-order valence-electron chi connectivity index (χ2n) is 3.77. The van der Waals surface area contributed by atoms with Crippen molar-refractivity contribution in [1.29, 1.82) is 0 Å². The Kier molecular flexibility index (Phi) is 3.36. The van der Waals surface area contributed by atoms with Crippen LogP contribution in [0.3, 0.4) is 0 Å². The minimum atomic E-state index is 0.765. The topological polar surface area (TPSA) is 42.7 Å². The maximum atomic E-state index is 5.18. The predicted molar refractivity (Wildman–Crippen MR) is 58.1 cm³/mol. The number of nitrogens with one attached hydrogen (secondary N) is 1. The van der Waals surface area contributed by atoms with Crippen molar-refractivity contribution in [3.05, 3.63) is 11.6 Å². The zero-order valence-electron chi connectivity index (χ0n) is 8.87. The number of aryl methyl sites for hydroxylation is 1. The van der Waals surface area contributed by atoms with E-state index < -0.39 is 0 Å². The molecule has 4 heteroatoms. The molecule has 2 rings (SSSR count). The molecular weight excluding hydrogens is 188 g/mol. The summed E-state index contributed by atoms with van der Waals surface area (Å²) < 4.78 is 2.23. The maximum absolute atomic E-state index is 5.18. The van der Waals surface area contributed by atoms with Crippen LogP contribution in [-0.2, 0) is 19.5 Å². The highest BCUT2D eigenvalue weighted by atomic mass is 15.3. The second kappa shape index (κ2) is 4.94. The first-order valence-corrected chi connectivity index (χ1v) is 5.47. The lowest BCUT2D eigenvalue weighted by atomic mass is 10.2. The summed E-state index contributed by atoms with van der Waals surface area (Å²) in [6, 6.07) is 0. The third kappa shape index (κ3) is 2.37. The summed E-state index contributed by atoms with van der Waals surface area (Å²) in [5.74, 6) is 4.78. The molecule has 0 fully saturated rings. The summed E-state index contributed by atoms with van der Waals surface area (Å²) in [4.78, 5) is 0. The molecule has 0 saturated carbocycles. The summed E-state index contributed by atoms with van der Waals surface area (Å²) in [7, 11) is 0. The Morgan fingerprint density at radius 1 is 1.40 bits per heavy atom. The smallest absolute Gasteiger partial charge is 0.147 e. The van der Waals surface area contributed by atoms with Crippen molar-refractivity contribution in [2.45, 2.75) is 38.8 Å². The molecule has 0 aliphatic carbocycles. The Balaban J connectivity index is 1.91. The van der Waals surface area contributed by atoms with E-state index in [1.165, 1.54) is 12.8 Å². The van der Waals surface area contributed by atoms with Crippen LogP contribution >= 0.6 is 0 Å². The van der Waals surface area contributed by atoms with Crippen molar-refractivity contribution in [3.8, 4) is 12.3 Å². The average molecular weight is 204 g/mol. The van der Waals surface area contributed by atoms with E-state index in [4.69, 9.17) is 6.42 Å². The zero-order valence-corrected chi connectivity index (χ0v) is 8.87. The van der Waals surface area contributed by atoms with E-state index in [0.29, 0.717) is 0 Å². The summed E-state index contributed by atoms with van der Waals surface area (Å²) >= 11 is 0. The zero-order chi connectivity index (χ0) is 10.5. The molecule has 1 aliphatic heterocycles. The summed E-state index contributed by atoms with van der Waals surface area (Å²) in [6.07, 6.45) is 9.48. The van der Waals surface area contributed by atoms with Crippen LogP contribution in [0.15, 0.2) is 0 Å². The number of fused-ring (bicyclic) bond motifs is 1. The molecular formula is C11H16N4. The first kappa shape index (κ1) is 10.2. The monoisotopic (exact) mass is 204 g/mol. The number of aromatic nitrogens is 3. The fourth-order valence-corrected chi connectivity index (χ4v) is 1.86. The molecule has 1 aliphatic rings. The highest BCUT2D eigenvalue weighted by Gasteiger charge is 2.14. The molecule has 15 heavy (non-hydrogen) atoms. The molecule has 0 amide bonds. The van der Waals surface area contributed by atoms with Crippen LogP contribution in [0.25, 0.3) is 0 Å². The summed E-state index contributed by atoms with van der Waals surface area (Å²) in [6.45, 7) is 2.68. The van der Waals surface area contributed by atoms with E-state index in [-0.39, 0.29) is 0 Å². The average Bonchev–Trinajstić information content (AvgIpc) is 2.68. The van der Waals surface area contributed by atoms with Gasteiger partial charge < -0.3 is 9.88 Å². The molecule has 0 bridgehead atoms. The SMILES string of the molecule is C#CCCNCc1nnc2n1CCCC2. The molecule has 4 nitrogen and oxygen atoms in total. The van der Waals surface area contributed by atoms with Gasteiger partial charge in [0.1, 0.15) is 11.6 Å². The van der Waals surface area contributed by atoms with Gasteiger partial charge in [0.25, 0.3) is 0 Å². The lowest BCUT2D eigenvalue weighted by Gasteiger charge is -2.14. The normalized spacial score (nSPS) is 14.6. The van der Waals surface area contributed by atoms with Crippen LogP contribution in [0.2, 0.25) is 0 Å². The van der Waals surface area contributed by atoms with Crippen molar-refractivity contribution < 1.29 is 0 Å². The lowest BCUT2D eigenvalue weighted by molar-refractivity contribution is 0.498. The van der Waals surface area contributed by atoms with Crippen LogP contribution < -0.4 is 5.32 Å². The number of hydrogen-bond acceptors (Lipinski definition) is 3. The van der Waals surface area contributed by atoms with Crippen LogP contribution in [0, 0.1) is 12.3 Å². The number of rotatable bonds is 4. The fraction of sp³-hybridized carbons (Fsp3) is 0.636. The molecule has 1 aromatic heterocycles. The van der Waals surface area contributed by atoms with E-state index in [1.807, 2.05) is 0 Å². The number of hydrogen-bond donors (Lipinski definition) is 1. The third-order valence-electron chi connectivity index (χ3n) is 2.67. The van der Waals surface area contributed by atoms with E-state index in [1.54, 1.807) is 0 Å². The molecule has 2 heterocycles. The quantitative estimate of drug-likeness (QED) is 0.580. The van der Waals surface area contributed by atoms with Crippen molar-refractivity contribution in [2.24, 2.45) is 0 Å². The van der Waals surface area contributed by atoms with Gasteiger partial charge in [-0.05, 0) is 12.8 Å². The van der Waals surface area contributed by atoms with Gasteiger partial charge in [-0.1, -0.05) is 0 Å². The summed E-state index contributed by atoms with van der Waals surface area (Å²) in [5, 5.41) is 11.7. The first-order chi connectivity index (χ1) is 7.42. The van der Waals surface area contributed by atoms with Crippen molar-refractivity contribution in [1.82, 2.24) is 20.1 Å². The van der Waals surface area contributed by atoms with Crippen LogP contribution in [0.1, 0.15) is 30.9 Å². The van der Waals surface area contributed by atoms with Gasteiger partial charge >= 0.3 is 0 Å².